The highest BCUT2D eigenvalue weighted by atomic mass is 16.5. The van der Waals surface area contributed by atoms with Crippen LogP contribution in [0.25, 0.3) is 0 Å². The Morgan fingerprint density at radius 3 is 2.55 bits per heavy atom. The van der Waals surface area contributed by atoms with Crippen molar-refractivity contribution in [1.29, 1.82) is 0 Å². The molecule has 2 N–H and O–H groups in total. The lowest BCUT2D eigenvalue weighted by atomic mass is 10.2. The van der Waals surface area contributed by atoms with Gasteiger partial charge < -0.3 is 19.8 Å². The molecule has 104 valence electrons. The Bertz CT molecular complexity index is 620. The van der Waals surface area contributed by atoms with Gasteiger partial charge in [0.15, 0.2) is 5.76 Å². The van der Waals surface area contributed by atoms with E-state index in [2.05, 4.69) is 10.6 Å². The monoisotopic (exact) mass is 274 g/mol. The number of ether oxygens (including phenoxy) is 1. The van der Waals surface area contributed by atoms with Gasteiger partial charge in [0.1, 0.15) is 5.75 Å². The smallest absolute Gasteiger partial charge is 0.291 e. The number of rotatable bonds is 4. The predicted octanol–water partition coefficient (Wildman–Crippen LogP) is 2.50. The summed E-state index contributed by atoms with van der Waals surface area (Å²) in [5, 5.41) is 5.30. The number of methoxy groups -OCH3 is 1. The van der Waals surface area contributed by atoms with Gasteiger partial charge in [0.25, 0.3) is 5.91 Å². The first-order valence-corrected chi connectivity index (χ1v) is 5.90. The fraction of sp³-hybridized carbons (Fsp3) is 0.143. The SMILES string of the molecule is COc1ccc(NC(=O)c2ccco2)c(NC(C)=O)c1. The van der Waals surface area contributed by atoms with E-state index in [0.717, 1.165) is 0 Å². The van der Waals surface area contributed by atoms with E-state index in [4.69, 9.17) is 9.15 Å². The van der Waals surface area contributed by atoms with E-state index in [9.17, 15) is 9.59 Å². The molecule has 0 aliphatic carbocycles. The molecule has 1 aromatic heterocycles. The molecular formula is C14H14N2O4. The molecule has 0 aliphatic rings. The number of hydrogen-bond acceptors (Lipinski definition) is 4. The van der Waals surface area contributed by atoms with Crippen molar-refractivity contribution in [3.63, 3.8) is 0 Å². The van der Waals surface area contributed by atoms with Crippen molar-refractivity contribution in [3.05, 3.63) is 42.4 Å². The van der Waals surface area contributed by atoms with Crippen molar-refractivity contribution >= 4 is 23.2 Å². The molecule has 0 unspecified atom stereocenters. The van der Waals surface area contributed by atoms with Crippen molar-refractivity contribution in [1.82, 2.24) is 0 Å². The van der Waals surface area contributed by atoms with Crippen LogP contribution in [-0.2, 0) is 4.79 Å². The minimum absolute atomic E-state index is 0.189. The highest BCUT2D eigenvalue weighted by molar-refractivity contribution is 6.05. The van der Waals surface area contributed by atoms with Crippen molar-refractivity contribution in [2.45, 2.75) is 6.92 Å². The summed E-state index contributed by atoms with van der Waals surface area (Å²) in [6.07, 6.45) is 1.41. The summed E-state index contributed by atoms with van der Waals surface area (Å²) in [6.45, 7) is 1.39. The molecule has 0 aliphatic heterocycles. The van der Waals surface area contributed by atoms with Crippen LogP contribution in [0.3, 0.4) is 0 Å². The summed E-state index contributed by atoms with van der Waals surface area (Å²) >= 11 is 0. The molecule has 0 saturated carbocycles. The normalized spacial score (nSPS) is 9.90. The molecular weight excluding hydrogens is 260 g/mol. The van der Waals surface area contributed by atoms with Crippen LogP contribution in [0.1, 0.15) is 17.5 Å². The zero-order valence-corrected chi connectivity index (χ0v) is 11.1. The van der Waals surface area contributed by atoms with Gasteiger partial charge in [0.05, 0.1) is 24.7 Å². The zero-order chi connectivity index (χ0) is 14.5. The summed E-state index contributed by atoms with van der Waals surface area (Å²) in [5.41, 5.74) is 0.916. The predicted molar refractivity (Wildman–Crippen MR) is 74.0 cm³/mol. The molecule has 0 radical (unpaired) electrons. The Hall–Kier alpha value is -2.76. The van der Waals surface area contributed by atoms with Crippen LogP contribution in [-0.4, -0.2) is 18.9 Å². The second-order valence-corrected chi connectivity index (χ2v) is 4.02. The van der Waals surface area contributed by atoms with Gasteiger partial charge in [-0.2, -0.15) is 0 Å². The van der Waals surface area contributed by atoms with Gasteiger partial charge >= 0.3 is 0 Å². The number of furan rings is 1. The lowest BCUT2D eigenvalue weighted by molar-refractivity contribution is -0.114. The molecule has 0 saturated heterocycles. The highest BCUT2D eigenvalue weighted by Gasteiger charge is 2.12. The molecule has 6 nitrogen and oxygen atoms in total. The largest absolute Gasteiger partial charge is 0.497 e. The van der Waals surface area contributed by atoms with E-state index < -0.39 is 5.91 Å². The highest BCUT2D eigenvalue weighted by Crippen LogP contribution is 2.27. The van der Waals surface area contributed by atoms with Gasteiger partial charge in [-0.3, -0.25) is 9.59 Å². The third kappa shape index (κ3) is 3.17. The van der Waals surface area contributed by atoms with Crippen LogP contribution in [0.4, 0.5) is 11.4 Å². The zero-order valence-electron chi connectivity index (χ0n) is 11.1. The fourth-order valence-corrected chi connectivity index (χ4v) is 1.64. The quantitative estimate of drug-likeness (QED) is 0.897. The third-order valence-electron chi connectivity index (χ3n) is 2.53. The third-order valence-corrected chi connectivity index (χ3v) is 2.53. The summed E-state index contributed by atoms with van der Waals surface area (Å²) in [4.78, 5) is 23.1. The molecule has 2 aromatic rings. The fourth-order valence-electron chi connectivity index (χ4n) is 1.64. The second kappa shape index (κ2) is 5.92. The minimum atomic E-state index is -0.397. The molecule has 6 heteroatoms. The van der Waals surface area contributed by atoms with Gasteiger partial charge in [-0.15, -0.1) is 0 Å². The number of carbonyl (C=O) groups excluding carboxylic acids is 2. The van der Waals surface area contributed by atoms with Crippen LogP contribution in [0, 0.1) is 0 Å². The Labute approximate surface area is 115 Å². The maximum atomic E-state index is 11.9. The Morgan fingerprint density at radius 1 is 1.15 bits per heavy atom. The van der Waals surface area contributed by atoms with E-state index in [1.165, 1.54) is 20.3 Å². The van der Waals surface area contributed by atoms with E-state index in [1.807, 2.05) is 0 Å². The van der Waals surface area contributed by atoms with Crippen molar-refractivity contribution in [3.8, 4) is 5.75 Å². The Kier molecular flexibility index (Phi) is 4.05. The maximum absolute atomic E-state index is 11.9. The molecule has 2 amide bonds. The Balaban J connectivity index is 2.26. The molecule has 0 fully saturated rings. The van der Waals surface area contributed by atoms with E-state index in [0.29, 0.717) is 17.1 Å². The minimum Gasteiger partial charge on any atom is -0.497 e. The van der Waals surface area contributed by atoms with Crippen LogP contribution in [0.2, 0.25) is 0 Å². The average molecular weight is 274 g/mol. The molecule has 0 atom stereocenters. The first-order chi connectivity index (χ1) is 9.60. The van der Waals surface area contributed by atoms with Crippen molar-refractivity contribution in [2.24, 2.45) is 0 Å². The number of carbonyl (C=O) groups is 2. The van der Waals surface area contributed by atoms with Crippen LogP contribution < -0.4 is 15.4 Å². The van der Waals surface area contributed by atoms with Gasteiger partial charge in [-0.05, 0) is 24.3 Å². The van der Waals surface area contributed by atoms with Gasteiger partial charge in [-0.25, -0.2) is 0 Å². The molecule has 0 bridgehead atoms. The lowest BCUT2D eigenvalue weighted by Gasteiger charge is -2.12. The van der Waals surface area contributed by atoms with Gasteiger partial charge in [0, 0.05) is 13.0 Å². The van der Waals surface area contributed by atoms with Gasteiger partial charge in [0.2, 0.25) is 5.91 Å². The van der Waals surface area contributed by atoms with E-state index in [-0.39, 0.29) is 11.7 Å². The maximum Gasteiger partial charge on any atom is 0.291 e. The first-order valence-electron chi connectivity index (χ1n) is 5.90. The van der Waals surface area contributed by atoms with Crippen molar-refractivity contribution < 1.29 is 18.7 Å². The summed E-state index contributed by atoms with van der Waals surface area (Å²) in [7, 11) is 1.52. The molecule has 2 rings (SSSR count). The standard InChI is InChI=1S/C14H14N2O4/c1-9(17)15-12-8-10(19-2)5-6-11(12)16-14(18)13-4-3-7-20-13/h3-8H,1-2H3,(H,15,17)(H,16,18). The van der Waals surface area contributed by atoms with Crippen LogP contribution >= 0.6 is 0 Å². The molecule has 0 spiro atoms. The average Bonchev–Trinajstić information content (AvgIpc) is 2.94. The first kappa shape index (κ1) is 13.7. The topological polar surface area (TPSA) is 80.6 Å². The molecule has 20 heavy (non-hydrogen) atoms. The van der Waals surface area contributed by atoms with E-state index >= 15 is 0 Å². The summed E-state index contributed by atoms with van der Waals surface area (Å²) in [6, 6.07) is 8.13. The molecule has 1 aromatic carbocycles. The molecule has 1 heterocycles. The second-order valence-electron chi connectivity index (χ2n) is 4.02. The number of hydrogen-bond donors (Lipinski definition) is 2. The number of amides is 2. The van der Waals surface area contributed by atoms with Crippen LogP contribution in [0.15, 0.2) is 41.0 Å². The van der Waals surface area contributed by atoms with Gasteiger partial charge in [-0.1, -0.05) is 0 Å². The number of benzene rings is 1. The number of nitrogens with one attached hydrogen (secondary N) is 2. The number of anilines is 2. The Morgan fingerprint density at radius 2 is 1.95 bits per heavy atom. The summed E-state index contributed by atoms with van der Waals surface area (Å²) < 4.78 is 10.1. The lowest BCUT2D eigenvalue weighted by Crippen LogP contribution is -2.14. The van der Waals surface area contributed by atoms with Crippen LogP contribution in [0.5, 0.6) is 5.75 Å². The van der Waals surface area contributed by atoms with E-state index in [1.54, 1.807) is 30.3 Å². The van der Waals surface area contributed by atoms with Crippen molar-refractivity contribution in [2.75, 3.05) is 17.7 Å². The summed E-state index contributed by atoms with van der Waals surface area (Å²) in [5.74, 6) is 0.123.